The fourth-order valence-electron chi connectivity index (χ4n) is 7.29. The Bertz CT molecular complexity index is 1840. The van der Waals surface area contributed by atoms with Crippen molar-refractivity contribution in [1.29, 1.82) is 0 Å². The zero-order valence-electron chi connectivity index (χ0n) is 25.3. The predicted octanol–water partition coefficient (Wildman–Crippen LogP) is 5.42. The van der Waals surface area contributed by atoms with Crippen LogP contribution in [0.5, 0.6) is 0 Å². The molecule has 8 nitrogen and oxygen atoms in total. The Morgan fingerprint density at radius 1 is 0.674 bits per heavy atom. The van der Waals surface area contributed by atoms with E-state index in [9.17, 15) is 19.8 Å². The van der Waals surface area contributed by atoms with Crippen molar-refractivity contribution in [2.24, 2.45) is 0 Å². The fraction of sp³-hybridized carbons (Fsp3) is 0.353. The molecule has 0 saturated carbocycles. The van der Waals surface area contributed by atoms with E-state index < -0.39 is 33.6 Å². The van der Waals surface area contributed by atoms with E-state index in [0.29, 0.717) is 19.3 Å². The van der Waals surface area contributed by atoms with Gasteiger partial charge in [-0.15, -0.1) is 0 Å². The van der Waals surface area contributed by atoms with Crippen LogP contribution in [0, 0.1) is 27.7 Å². The van der Waals surface area contributed by atoms with Gasteiger partial charge in [-0.3, -0.25) is 0 Å². The third-order valence-electron chi connectivity index (χ3n) is 9.68. The monoisotopic (exact) mass is 686 g/mol. The molecule has 4 aromatic heterocycles. The fourth-order valence-corrected chi connectivity index (χ4v) is 11.8. The van der Waals surface area contributed by atoms with E-state index in [1.807, 2.05) is 12.2 Å². The number of rotatable bonds is 8. The number of H-pyrrole nitrogens is 2. The Morgan fingerprint density at radius 2 is 1.19 bits per heavy atom. The first-order valence-corrected chi connectivity index (χ1v) is 17.4. The van der Waals surface area contributed by atoms with Crippen LogP contribution in [-0.2, 0) is 48.1 Å². The van der Waals surface area contributed by atoms with Gasteiger partial charge in [-0.25, -0.2) is 0 Å². The molecule has 6 rings (SSSR count). The van der Waals surface area contributed by atoms with Crippen LogP contribution in [0.3, 0.4) is 0 Å². The molecule has 0 aromatic carbocycles. The van der Waals surface area contributed by atoms with Crippen LogP contribution in [0.15, 0.2) is 13.2 Å². The number of nitrogens with zero attached hydrogens (tertiary/aromatic N) is 2. The third kappa shape index (κ3) is 4.83. The first-order valence-electron chi connectivity index (χ1n) is 14.8. The van der Waals surface area contributed by atoms with Crippen molar-refractivity contribution < 1.29 is 19.8 Å². The van der Waals surface area contributed by atoms with Crippen LogP contribution in [0.4, 0.5) is 0 Å². The maximum atomic E-state index is 11.8. The molecule has 0 amide bonds. The zero-order chi connectivity index (χ0) is 30.7. The number of hydrogen-bond donors (Lipinski definition) is 4. The average Bonchev–Trinajstić information content (AvgIpc) is 3.58. The molecule has 222 valence electrons. The van der Waals surface area contributed by atoms with E-state index in [-0.39, 0.29) is 12.8 Å². The van der Waals surface area contributed by atoms with Gasteiger partial charge < -0.3 is 0 Å². The Balaban J connectivity index is 1.70. The molecule has 6 heterocycles. The number of hydrogen-bond acceptors (Lipinski definition) is 2. The summed E-state index contributed by atoms with van der Waals surface area (Å²) in [5.41, 5.74) is 18.7. The Kier molecular flexibility index (Phi) is 7.60. The molecule has 0 aliphatic carbocycles. The first kappa shape index (κ1) is 29.4. The number of carboxylic acids is 2. The van der Waals surface area contributed by atoms with Gasteiger partial charge in [0, 0.05) is 0 Å². The topological polar surface area (TPSA) is 116 Å². The third-order valence-corrected chi connectivity index (χ3v) is 13.9. The summed E-state index contributed by atoms with van der Waals surface area (Å²) in [6.07, 6.45) is 7.84. The number of aromatic nitrogens is 4. The number of nitrogens with one attached hydrogen (secondary N) is 2. The minimum absolute atomic E-state index is 0.0621. The van der Waals surface area contributed by atoms with Gasteiger partial charge in [0.15, 0.2) is 0 Å². The maximum absolute atomic E-state index is 11.8. The van der Waals surface area contributed by atoms with Crippen LogP contribution < -0.4 is 0 Å². The van der Waals surface area contributed by atoms with Gasteiger partial charge in [0.1, 0.15) is 0 Å². The standard InChI is InChI=1S/C34H38N4O4.Sn/c1-7-21-17(3)25-13-26-19(5)23(9-11-33(39)40)31(37-26)16-32-24(10-12-34(41)42)20(6)28(38-32)15-30-22(8-2)18(4)27(36-30)14-29(21)35-25;/h7-8,36-37H,1-2,9-16H2,3-6H3,(H,39,40)(H,41,42);/q-2;+2. The van der Waals surface area contributed by atoms with Crippen molar-refractivity contribution >= 4 is 45.8 Å². The molecule has 6 bridgehead atoms. The molecule has 0 saturated heterocycles. The summed E-state index contributed by atoms with van der Waals surface area (Å²) in [5.74, 6) is -1.62. The molecular weight excluding hydrogens is 647 g/mol. The number of aliphatic carboxylic acids is 2. The second kappa shape index (κ2) is 11.1. The Labute approximate surface area is 262 Å². The van der Waals surface area contributed by atoms with Crippen molar-refractivity contribution in [1.82, 2.24) is 15.5 Å². The van der Waals surface area contributed by atoms with Gasteiger partial charge >= 0.3 is 263 Å². The summed E-state index contributed by atoms with van der Waals surface area (Å²) in [6, 6.07) is 0. The molecule has 2 aliphatic heterocycles. The molecular formula is C34H38N4O4Sn. The molecule has 0 fully saturated rings. The van der Waals surface area contributed by atoms with Crippen molar-refractivity contribution in [2.75, 3.05) is 0 Å². The SMILES string of the molecule is C=Cc1c2[nH]c(c1C)Cc1c(C=C)c(C)c3[n]1[Sn][n]1c(c(C)c(CCC(=O)O)c1Cc1[nH]c(c(C)c1CCC(=O)O)C3)C2. The van der Waals surface area contributed by atoms with Gasteiger partial charge in [-0.05, 0) is 0 Å². The Morgan fingerprint density at radius 3 is 1.84 bits per heavy atom. The van der Waals surface area contributed by atoms with Crippen LogP contribution in [0.25, 0.3) is 12.2 Å². The first-order chi connectivity index (χ1) is 20.5. The molecule has 4 N–H and O–H groups in total. The molecule has 0 unspecified atom stereocenters. The quantitative estimate of drug-likeness (QED) is 0.160. The molecule has 2 aliphatic rings. The summed E-state index contributed by atoms with van der Waals surface area (Å²) in [5, 5.41) is 19.2. The number of carboxylic acid groups (broad SMARTS) is 2. The van der Waals surface area contributed by atoms with Crippen LogP contribution >= 0.6 is 0 Å². The molecule has 2 radical (unpaired) electrons. The van der Waals surface area contributed by atoms with Crippen molar-refractivity contribution in [3.05, 3.63) is 103 Å². The number of fused-ring (bicyclic) bond motifs is 4. The van der Waals surface area contributed by atoms with E-state index in [2.05, 4.69) is 56.4 Å². The van der Waals surface area contributed by atoms with Gasteiger partial charge in [-0.1, -0.05) is 0 Å². The van der Waals surface area contributed by atoms with Crippen LogP contribution in [0.2, 0.25) is 0 Å². The normalized spacial score (nSPS) is 13.6. The van der Waals surface area contributed by atoms with Gasteiger partial charge in [-0.2, -0.15) is 0 Å². The predicted molar refractivity (Wildman–Crippen MR) is 169 cm³/mol. The average molecular weight is 685 g/mol. The van der Waals surface area contributed by atoms with Gasteiger partial charge in [0.2, 0.25) is 0 Å². The minimum atomic E-state index is -1.55. The zero-order valence-corrected chi connectivity index (χ0v) is 28.2. The summed E-state index contributed by atoms with van der Waals surface area (Å²) >= 11 is -1.55. The Hall–Kier alpha value is -3.66. The second-order valence-corrected chi connectivity index (χ2v) is 15.0. The summed E-state index contributed by atoms with van der Waals surface area (Å²) in [4.78, 5) is 31.0. The molecule has 43 heavy (non-hydrogen) atoms. The summed E-state index contributed by atoms with van der Waals surface area (Å²) in [7, 11) is 0. The van der Waals surface area contributed by atoms with Crippen molar-refractivity contribution in [3.8, 4) is 0 Å². The van der Waals surface area contributed by atoms with Crippen LogP contribution in [-0.4, -0.2) is 59.4 Å². The van der Waals surface area contributed by atoms with Crippen molar-refractivity contribution in [3.63, 3.8) is 0 Å². The molecule has 0 spiro atoms. The van der Waals surface area contributed by atoms with E-state index in [1.54, 1.807) is 0 Å². The number of aromatic amines is 2. The van der Waals surface area contributed by atoms with Gasteiger partial charge in [0.25, 0.3) is 0 Å². The van der Waals surface area contributed by atoms with E-state index in [1.165, 1.54) is 45.2 Å². The second-order valence-electron chi connectivity index (χ2n) is 11.9. The summed E-state index contributed by atoms with van der Waals surface area (Å²) < 4.78 is 5.19. The van der Waals surface area contributed by atoms with E-state index in [0.717, 1.165) is 64.2 Å². The van der Waals surface area contributed by atoms with E-state index >= 15 is 0 Å². The van der Waals surface area contributed by atoms with Crippen LogP contribution in [0.1, 0.15) is 103 Å². The van der Waals surface area contributed by atoms with Gasteiger partial charge in [0.05, 0.1) is 0 Å². The summed E-state index contributed by atoms with van der Waals surface area (Å²) in [6.45, 7) is 17.0. The molecule has 9 heteroatoms. The number of carbonyl (C=O) groups is 2. The van der Waals surface area contributed by atoms with Crippen molar-refractivity contribution in [2.45, 2.75) is 79.1 Å². The molecule has 4 aromatic rings. The van der Waals surface area contributed by atoms with E-state index in [4.69, 9.17) is 0 Å². The molecule has 0 atom stereocenters.